The minimum atomic E-state index is -4.08. The molecule has 0 fully saturated rings. The number of aliphatic imine (C=N–C) groups is 1. The van der Waals surface area contributed by atoms with Gasteiger partial charge in [-0.05, 0) is 51.3 Å². The van der Waals surface area contributed by atoms with E-state index in [1.807, 2.05) is 48.5 Å². The summed E-state index contributed by atoms with van der Waals surface area (Å²) >= 11 is 1.12. The van der Waals surface area contributed by atoms with Crippen LogP contribution in [0.2, 0.25) is 0 Å². The molecule has 2 aromatic carbocycles. The lowest BCUT2D eigenvalue weighted by Gasteiger charge is -2.40. The maximum atomic E-state index is 14.6. The number of fused-ring (bicyclic) bond motifs is 1. The highest BCUT2D eigenvalue weighted by atomic mass is 32.2. The average molecular weight is 556 g/mol. The van der Waals surface area contributed by atoms with Gasteiger partial charge in [0.15, 0.2) is 5.69 Å². The second-order valence-electron chi connectivity index (χ2n) is 8.02. The Labute approximate surface area is 225 Å². The normalized spacial score (nSPS) is 17.1. The summed E-state index contributed by atoms with van der Waals surface area (Å²) in [5.74, 6) is -0.541. The summed E-state index contributed by atoms with van der Waals surface area (Å²) in [6.07, 6.45) is 1.72. The SMILES string of the molecule is CCOC(=O)c1nn(-c2ccccc2)c2c1N=C(Nc1ccccc1)C(SC)(P(=O)(OCC)OCC)C2=N. The molecule has 4 rings (SSSR count). The fraction of sp³-hybridized carbons (Fsp3) is 0.308. The molecule has 12 heteroatoms. The highest BCUT2D eigenvalue weighted by Gasteiger charge is 2.62. The maximum absolute atomic E-state index is 14.6. The standard InChI is InChI=1S/C26H30N5O5PS/c1-5-34-24(32)21-20-22(31(30-21)19-16-12-9-13-17-19)23(27)26(38-4,37(33,35-6-2)36-7-3)25(29-20)28-18-14-10-8-11-15-18/h8-17,27H,5-7H2,1-4H3,(H,28,29). The molecule has 2 heterocycles. The molecule has 0 saturated carbocycles. The third-order valence-corrected chi connectivity index (χ3v) is 10.4. The Hall–Kier alpha value is -3.24. The number of hydrogen-bond acceptors (Lipinski definition) is 10. The van der Waals surface area contributed by atoms with Crippen LogP contribution in [-0.4, -0.2) is 57.9 Å². The monoisotopic (exact) mass is 555 g/mol. The van der Waals surface area contributed by atoms with E-state index in [4.69, 9.17) is 18.8 Å². The van der Waals surface area contributed by atoms with Crippen LogP contribution in [0.5, 0.6) is 0 Å². The van der Waals surface area contributed by atoms with Gasteiger partial charge < -0.3 is 24.5 Å². The predicted octanol–water partition coefficient (Wildman–Crippen LogP) is 5.90. The molecule has 1 aromatic heterocycles. The van der Waals surface area contributed by atoms with Crippen molar-refractivity contribution in [2.75, 3.05) is 31.4 Å². The fourth-order valence-electron chi connectivity index (χ4n) is 4.21. The van der Waals surface area contributed by atoms with Gasteiger partial charge in [0.05, 0.1) is 31.2 Å². The molecular weight excluding hydrogens is 525 g/mol. The molecule has 2 N–H and O–H groups in total. The van der Waals surface area contributed by atoms with Crippen LogP contribution in [0, 0.1) is 5.41 Å². The maximum Gasteiger partial charge on any atom is 0.361 e. The first-order chi connectivity index (χ1) is 18.4. The van der Waals surface area contributed by atoms with Crippen molar-refractivity contribution in [1.29, 1.82) is 5.41 Å². The zero-order valence-electron chi connectivity index (χ0n) is 21.6. The quantitative estimate of drug-likeness (QED) is 0.234. The number of benzene rings is 2. The summed E-state index contributed by atoms with van der Waals surface area (Å²) in [6.45, 7) is 5.44. The third kappa shape index (κ3) is 4.71. The van der Waals surface area contributed by atoms with Gasteiger partial charge in [0.1, 0.15) is 17.2 Å². The Morgan fingerprint density at radius 3 is 2.18 bits per heavy atom. The van der Waals surface area contributed by atoms with Gasteiger partial charge in [-0.1, -0.05) is 36.4 Å². The van der Waals surface area contributed by atoms with Crippen LogP contribution >= 0.6 is 19.4 Å². The first kappa shape index (κ1) is 27.8. The van der Waals surface area contributed by atoms with Gasteiger partial charge in [0.25, 0.3) is 0 Å². The van der Waals surface area contributed by atoms with Crippen LogP contribution in [0.15, 0.2) is 65.7 Å². The molecule has 0 spiro atoms. The van der Waals surface area contributed by atoms with Crippen LogP contribution in [-0.2, 0) is 18.3 Å². The van der Waals surface area contributed by atoms with Gasteiger partial charge in [0.2, 0.25) is 4.49 Å². The summed E-state index contributed by atoms with van der Waals surface area (Å²) < 4.78 is 31.3. The molecule has 200 valence electrons. The first-order valence-electron chi connectivity index (χ1n) is 12.2. The summed E-state index contributed by atoms with van der Waals surface area (Å²) in [5.41, 5.74) is 1.41. The number of thioether (sulfide) groups is 1. The molecule has 1 aliphatic heterocycles. The molecule has 0 bridgehead atoms. The number of carbonyl (C=O) groups excluding carboxylic acids is 1. The molecule has 1 unspecified atom stereocenters. The minimum absolute atomic E-state index is 0.0554. The smallest absolute Gasteiger partial charge is 0.361 e. The molecule has 10 nitrogen and oxygen atoms in total. The molecule has 0 aliphatic carbocycles. The van der Waals surface area contributed by atoms with Crippen molar-refractivity contribution in [3.8, 4) is 5.69 Å². The zero-order valence-corrected chi connectivity index (χ0v) is 23.3. The number of amidine groups is 1. The largest absolute Gasteiger partial charge is 0.461 e. The predicted molar refractivity (Wildman–Crippen MR) is 151 cm³/mol. The van der Waals surface area contributed by atoms with E-state index in [2.05, 4.69) is 10.4 Å². The van der Waals surface area contributed by atoms with E-state index in [1.165, 1.54) is 4.68 Å². The van der Waals surface area contributed by atoms with Crippen molar-refractivity contribution in [3.05, 3.63) is 72.1 Å². The zero-order chi connectivity index (χ0) is 27.3. The van der Waals surface area contributed by atoms with Crippen LogP contribution < -0.4 is 5.32 Å². The highest BCUT2D eigenvalue weighted by molar-refractivity contribution is 8.08. The number of nitrogens with zero attached hydrogens (tertiary/aromatic N) is 3. The van der Waals surface area contributed by atoms with Crippen molar-refractivity contribution >= 4 is 48.2 Å². The van der Waals surface area contributed by atoms with Gasteiger partial charge in [-0.2, -0.15) is 5.10 Å². The molecule has 1 aliphatic rings. The summed E-state index contributed by atoms with van der Waals surface area (Å²) in [7, 11) is -4.08. The average Bonchev–Trinajstić information content (AvgIpc) is 3.30. The number of esters is 1. The number of carbonyl (C=O) groups is 1. The van der Waals surface area contributed by atoms with Gasteiger partial charge in [-0.3, -0.25) is 4.57 Å². The Morgan fingerprint density at radius 1 is 1.03 bits per heavy atom. The number of anilines is 1. The topological polar surface area (TPSA) is 128 Å². The number of rotatable bonds is 10. The van der Waals surface area contributed by atoms with Crippen molar-refractivity contribution in [3.63, 3.8) is 0 Å². The number of nitrogens with one attached hydrogen (secondary N) is 2. The molecule has 1 atom stereocenters. The van der Waals surface area contributed by atoms with E-state index < -0.39 is 18.1 Å². The Balaban J connectivity index is 2.07. The number of aromatic nitrogens is 2. The second kappa shape index (κ2) is 11.7. The van der Waals surface area contributed by atoms with Crippen LogP contribution in [0.25, 0.3) is 5.69 Å². The lowest BCUT2D eigenvalue weighted by molar-refractivity contribution is 0.0520. The van der Waals surface area contributed by atoms with Crippen molar-refractivity contribution < 1.29 is 23.1 Å². The highest BCUT2D eigenvalue weighted by Crippen LogP contribution is 2.67. The number of para-hydroxylation sites is 2. The molecular formula is C26H30N5O5PS. The molecule has 0 saturated heterocycles. The van der Waals surface area contributed by atoms with Crippen LogP contribution in [0.4, 0.5) is 11.4 Å². The van der Waals surface area contributed by atoms with E-state index in [-0.39, 0.29) is 48.4 Å². The molecule has 38 heavy (non-hydrogen) atoms. The fourth-order valence-corrected chi connectivity index (χ4v) is 7.87. The van der Waals surface area contributed by atoms with Gasteiger partial charge in [0, 0.05) is 5.69 Å². The lowest BCUT2D eigenvalue weighted by Crippen LogP contribution is -2.50. The second-order valence-corrected chi connectivity index (χ2v) is 11.5. The van der Waals surface area contributed by atoms with Gasteiger partial charge >= 0.3 is 13.6 Å². The number of ether oxygens (including phenoxy) is 1. The summed E-state index contributed by atoms with van der Waals surface area (Å²) in [6, 6.07) is 18.3. The van der Waals surface area contributed by atoms with E-state index >= 15 is 0 Å². The summed E-state index contributed by atoms with van der Waals surface area (Å²) in [5, 5.41) is 17.3. The van der Waals surface area contributed by atoms with E-state index in [0.717, 1.165) is 11.8 Å². The third-order valence-electron chi connectivity index (χ3n) is 5.77. The Morgan fingerprint density at radius 2 is 1.63 bits per heavy atom. The Bertz CT molecular complexity index is 1390. The van der Waals surface area contributed by atoms with Crippen LogP contribution in [0.1, 0.15) is 37.0 Å². The molecule has 3 aromatic rings. The van der Waals surface area contributed by atoms with Crippen molar-refractivity contribution in [2.24, 2.45) is 4.99 Å². The lowest BCUT2D eigenvalue weighted by atomic mass is 10.1. The Kier molecular flexibility index (Phi) is 8.52. The van der Waals surface area contributed by atoms with Crippen LogP contribution in [0.3, 0.4) is 0 Å². The molecule has 0 amide bonds. The number of hydrogen-bond donors (Lipinski definition) is 2. The van der Waals surface area contributed by atoms with Gasteiger partial charge in [-0.25, -0.2) is 14.5 Å². The van der Waals surface area contributed by atoms with Crippen molar-refractivity contribution in [2.45, 2.75) is 25.3 Å². The van der Waals surface area contributed by atoms with E-state index in [9.17, 15) is 14.8 Å². The first-order valence-corrected chi connectivity index (χ1v) is 14.9. The summed E-state index contributed by atoms with van der Waals surface area (Å²) in [4.78, 5) is 17.8. The van der Waals surface area contributed by atoms with E-state index in [1.54, 1.807) is 39.2 Å². The van der Waals surface area contributed by atoms with E-state index in [0.29, 0.717) is 11.4 Å². The minimum Gasteiger partial charge on any atom is -0.461 e. The van der Waals surface area contributed by atoms with Gasteiger partial charge in [-0.15, -0.1) is 11.8 Å². The molecule has 0 radical (unpaired) electrons. The van der Waals surface area contributed by atoms with Crippen molar-refractivity contribution in [1.82, 2.24) is 9.78 Å².